The zero-order chi connectivity index (χ0) is 24.0. The number of halogens is 5. The highest BCUT2D eigenvalue weighted by Crippen LogP contribution is 2.37. The van der Waals surface area contributed by atoms with Crippen LogP contribution in [0.3, 0.4) is 0 Å². The Labute approximate surface area is 193 Å². The van der Waals surface area contributed by atoms with Crippen molar-refractivity contribution in [3.63, 3.8) is 0 Å². The van der Waals surface area contributed by atoms with Gasteiger partial charge < -0.3 is 0 Å². The number of hydrogen-bond acceptors (Lipinski definition) is 0. The van der Waals surface area contributed by atoms with Crippen LogP contribution in [-0.4, -0.2) is 0 Å². The van der Waals surface area contributed by atoms with Gasteiger partial charge in [-0.2, -0.15) is 0 Å². The van der Waals surface area contributed by atoms with Crippen molar-refractivity contribution in [2.75, 3.05) is 0 Å². The molecule has 1 fully saturated rings. The van der Waals surface area contributed by atoms with Crippen molar-refractivity contribution >= 4 is 0 Å². The standard InChI is InChI=1S/C28H31F5/c1-3-4-5-6-19-7-10-22(11-8-19)18(2)13-21-16-24(29)23(25(30)17-21)12-9-20-14-26(31)28(33)27(32)15-20/h14-19,22H,3-8,10-11,13H2,1-2H3. The first-order valence-electron chi connectivity index (χ1n) is 11.9. The van der Waals surface area contributed by atoms with Crippen LogP contribution in [0.2, 0.25) is 0 Å². The van der Waals surface area contributed by atoms with Crippen LogP contribution in [0.25, 0.3) is 0 Å². The molecule has 1 aliphatic carbocycles. The highest BCUT2D eigenvalue weighted by atomic mass is 19.2. The Morgan fingerprint density at radius 1 is 0.818 bits per heavy atom. The minimum Gasteiger partial charge on any atom is -0.206 e. The molecule has 1 unspecified atom stereocenters. The van der Waals surface area contributed by atoms with Gasteiger partial charge in [0.1, 0.15) is 11.6 Å². The van der Waals surface area contributed by atoms with Gasteiger partial charge in [-0.1, -0.05) is 64.2 Å². The SMILES string of the molecule is CCCCCC1CCC(C(C)Cc2cc(F)c(C#Cc3cc(F)c(F)c(F)c3)c(F)c2)CC1. The highest BCUT2D eigenvalue weighted by molar-refractivity contribution is 5.45. The lowest BCUT2D eigenvalue weighted by Crippen LogP contribution is -2.21. The Bertz CT molecular complexity index is 963. The number of rotatable bonds is 7. The van der Waals surface area contributed by atoms with Gasteiger partial charge in [0.25, 0.3) is 0 Å². The first-order valence-corrected chi connectivity index (χ1v) is 11.9. The fourth-order valence-electron chi connectivity index (χ4n) is 4.89. The summed E-state index contributed by atoms with van der Waals surface area (Å²) in [4.78, 5) is 0. The molecule has 3 rings (SSSR count). The smallest absolute Gasteiger partial charge is 0.194 e. The van der Waals surface area contributed by atoms with Gasteiger partial charge >= 0.3 is 0 Å². The maximum absolute atomic E-state index is 14.6. The molecule has 0 nitrogen and oxygen atoms in total. The second-order valence-electron chi connectivity index (χ2n) is 9.40. The molecule has 0 saturated heterocycles. The molecule has 1 aliphatic rings. The second kappa shape index (κ2) is 11.7. The molecular weight excluding hydrogens is 431 g/mol. The summed E-state index contributed by atoms with van der Waals surface area (Å²) in [5.41, 5.74) is -0.0932. The molecule has 0 N–H and O–H groups in total. The van der Waals surface area contributed by atoms with Gasteiger partial charge in [0.05, 0.1) is 5.56 Å². The van der Waals surface area contributed by atoms with E-state index in [0.29, 0.717) is 36.0 Å². The largest absolute Gasteiger partial charge is 0.206 e. The van der Waals surface area contributed by atoms with Crippen molar-refractivity contribution in [3.05, 3.63) is 70.0 Å². The van der Waals surface area contributed by atoms with Crippen LogP contribution in [0.1, 0.15) is 81.9 Å². The zero-order valence-electron chi connectivity index (χ0n) is 19.3. The number of benzene rings is 2. The van der Waals surface area contributed by atoms with Gasteiger partial charge in [-0.25, -0.2) is 22.0 Å². The van der Waals surface area contributed by atoms with Crippen LogP contribution < -0.4 is 0 Å². The van der Waals surface area contributed by atoms with E-state index in [0.717, 1.165) is 18.8 Å². The Kier molecular flexibility index (Phi) is 8.95. The minimum atomic E-state index is -1.61. The van der Waals surface area contributed by atoms with Gasteiger partial charge in [-0.3, -0.25) is 0 Å². The van der Waals surface area contributed by atoms with Crippen LogP contribution in [0, 0.1) is 58.7 Å². The summed E-state index contributed by atoms with van der Waals surface area (Å²) in [7, 11) is 0. The first-order chi connectivity index (χ1) is 15.8. The third-order valence-corrected chi connectivity index (χ3v) is 6.89. The Morgan fingerprint density at radius 2 is 1.42 bits per heavy atom. The van der Waals surface area contributed by atoms with E-state index in [-0.39, 0.29) is 5.56 Å². The van der Waals surface area contributed by atoms with Crippen molar-refractivity contribution in [1.82, 2.24) is 0 Å². The van der Waals surface area contributed by atoms with Gasteiger partial charge in [0, 0.05) is 5.56 Å². The maximum atomic E-state index is 14.6. The summed E-state index contributed by atoms with van der Waals surface area (Å²) >= 11 is 0. The minimum absolute atomic E-state index is 0.201. The summed E-state index contributed by atoms with van der Waals surface area (Å²) in [6, 6.07) is 3.95. The molecule has 0 heterocycles. The van der Waals surface area contributed by atoms with E-state index in [1.54, 1.807) is 0 Å². The lowest BCUT2D eigenvalue weighted by atomic mass is 9.73. The van der Waals surface area contributed by atoms with E-state index in [2.05, 4.69) is 25.7 Å². The lowest BCUT2D eigenvalue weighted by Gasteiger charge is -2.32. The van der Waals surface area contributed by atoms with Crippen LogP contribution >= 0.6 is 0 Å². The molecule has 0 amide bonds. The molecule has 2 aromatic carbocycles. The second-order valence-corrected chi connectivity index (χ2v) is 9.40. The molecule has 178 valence electrons. The highest BCUT2D eigenvalue weighted by Gasteiger charge is 2.25. The zero-order valence-corrected chi connectivity index (χ0v) is 19.3. The van der Waals surface area contributed by atoms with Crippen molar-refractivity contribution in [2.45, 2.75) is 71.6 Å². The molecule has 0 radical (unpaired) electrons. The van der Waals surface area contributed by atoms with Crippen LogP contribution in [0.4, 0.5) is 22.0 Å². The van der Waals surface area contributed by atoms with Crippen molar-refractivity contribution in [3.8, 4) is 11.8 Å². The van der Waals surface area contributed by atoms with E-state index in [1.165, 1.54) is 50.7 Å². The molecule has 2 aromatic rings. The fraction of sp³-hybridized carbons (Fsp3) is 0.500. The summed E-state index contributed by atoms with van der Waals surface area (Å²) in [5, 5.41) is 0. The summed E-state index contributed by atoms with van der Waals surface area (Å²) in [5.74, 6) is 0.247. The Morgan fingerprint density at radius 3 is 2.00 bits per heavy atom. The van der Waals surface area contributed by atoms with Gasteiger partial charge in [0.15, 0.2) is 17.5 Å². The average molecular weight is 463 g/mol. The van der Waals surface area contributed by atoms with Gasteiger partial charge in [-0.15, -0.1) is 0 Å². The first kappa shape index (κ1) is 25.3. The molecule has 5 heteroatoms. The van der Waals surface area contributed by atoms with E-state index >= 15 is 0 Å². The molecule has 0 aliphatic heterocycles. The summed E-state index contributed by atoms with van der Waals surface area (Å²) in [6.45, 7) is 4.36. The molecule has 0 bridgehead atoms. The molecule has 1 saturated carbocycles. The summed E-state index contributed by atoms with van der Waals surface area (Å²) < 4.78 is 68.8. The van der Waals surface area contributed by atoms with Crippen molar-refractivity contribution in [2.24, 2.45) is 17.8 Å². The topological polar surface area (TPSA) is 0 Å². The lowest BCUT2D eigenvalue weighted by molar-refractivity contribution is 0.204. The van der Waals surface area contributed by atoms with Crippen LogP contribution in [0.5, 0.6) is 0 Å². The average Bonchev–Trinajstić information content (AvgIpc) is 2.77. The van der Waals surface area contributed by atoms with Gasteiger partial charge in [0.2, 0.25) is 0 Å². The van der Waals surface area contributed by atoms with Crippen molar-refractivity contribution < 1.29 is 22.0 Å². The van der Waals surface area contributed by atoms with Crippen LogP contribution in [0.15, 0.2) is 24.3 Å². The quantitative estimate of drug-likeness (QED) is 0.168. The molecule has 0 spiro atoms. The van der Waals surface area contributed by atoms with E-state index < -0.39 is 34.6 Å². The normalized spacial score (nSPS) is 19.1. The molecule has 0 aromatic heterocycles. The predicted octanol–water partition coefficient (Wildman–Crippen LogP) is 8.35. The maximum Gasteiger partial charge on any atom is 0.194 e. The molecule has 1 atom stereocenters. The number of hydrogen-bond donors (Lipinski definition) is 0. The summed E-state index contributed by atoms with van der Waals surface area (Å²) in [6.07, 6.45) is 10.5. The fourth-order valence-corrected chi connectivity index (χ4v) is 4.89. The Hall–Kier alpha value is -2.35. The third kappa shape index (κ3) is 6.82. The van der Waals surface area contributed by atoms with Crippen molar-refractivity contribution in [1.29, 1.82) is 0 Å². The third-order valence-electron chi connectivity index (χ3n) is 6.89. The monoisotopic (exact) mass is 462 g/mol. The molecule has 33 heavy (non-hydrogen) atoms. The van der Waals surface area contributed by atoms with Gasteiger partial charge in [-0.05, 0) is 66.8 Å². The number of unbranched alkanes of at least 4 members (excludes halogenated alkanes) is 2. The van der Waals surface area contributed by atoms with E-state index in [1.807, 2.05) is 0 Å². The van der Waals surface area contributed by atoms with E-state index in [9.17, 15) is 22.0 Å². The molecular formula is C28H31F5. The predicted molar refractivity (Wildman–Crippen MR) is 121 cm³/mol. The van der Waals surface area contributed by atoms with Crippen LogP contribution in [-0.2, 0) is 6.42 Å². The van der Waals surface area contributed by atoms with E-state index in [4.69, 9.17) is 0 Å². The Balaban J connectivity index is 1.63.